The van der Waals surface area contributed by atoms with Gasteiger partial charge in [0.1, 0.15) is 11.4 Å². The zero-order valence-corrected chi connectivity index (χ0v) is 22.8. The number of benzene rings is 1. The lowest BCUT2D eigenvalue weighted by Crippen LogP contribution is -2.35. The Morgan fingerprint density at radius 1 is 1.16 bits per heavy atom. The molecule has 2 aliphatic rings. The number of nitrogens with zero attached hydrogens (tertiary/aromatic N) is 5. The summed E-state index contributed by atoms with van der Waals surface area (Å²) in [6.45, 7) is 8.62. The van der Waals surface area contributed by atoms with Gasteiger partial charge in [0.25, 0.3) is 0 Å². The van der Waals surface area contributed by atoms with Gasteiger partial charge >= 0.3 is 5.97 Å². The van der Waals surface area contributed by atoms with E-state index in [1.807, 2.05) is 12.3 Å². The Balaban J connectivity index is 1.28. The summed E-state index contributed by atoms with van der Waals surface area (Å²) >= 11 is 1.70. The maximum Gasteiger partial charge on any atom is 0.303 e. The lowest BCUT2D eigenvalue weighted by atomic mass is 10.1. The highest BCUT2D eigenvalue weighted by Crippen LogP contribution is 2.39. The molecular formula is C28H37N5O4S. The highest BCUT2D eigenvalue weighted by Gasteiger charge is 2.24. The van der Waals surface area contributed by atoms with Crippen LogP contribution in [0.15, 0.2) is 29.8 Å². The molecule has 0 radical (unpaired) electrons. The smallest absolute Gasteiger partial charge is 0.303 e. The third-order valence-corrected chi connectivity index (χ3v) is 8.31. The van der Waals surface area contributed by atoms with Crippen molar-refractivity contribution in [1.29, 1.82) is 0 Å². The van der Waals surface area contributed by atoms with Crippen LogP contribution in [-0.2, 0) is 11.3 Å². The molecule has 2 saturated heterocycles. The van der Waals surface area contributed by atoms with Crippen molar-refractivity contribution < 1.29 is 19.7 Å². The first-order valence-electron chi connectivity index (χ1n) is 13.6. The van der Waals surface area contributed by atoms with Gasteiger partial charge in [0.2, 0.25) is 0 Å². The molecule has 2 aromatic heterocycles. The van der Waals surface area contributed by atoms with Crippen molar-refractivity contribution >= 4 is 39.0 Å². The monoisotopic (exact) mass is 539 g/mol. The molecule has 38 heavy (non-hydrogen) atoms. The quantitative estimate of drug-likeness (QED) is 0.392. The van der Waals surface area contributed by atoms with Crippen molar-refractivity contribution in [3.63, 3.8) is 0 Å². The van der Waals surface area contributed by atoms with Crippen LogP contribution in [0.5, 0.6) is 5.75 Å². The Bertz CT molecular complexity index is 1240. The lowest BCUT2D eigenvalue weighted by molar-refractivity contribution is -0.137. The molecule has 9 nitrogen and oxygen atoms in total. The van der Waals surface area contributed by atoms with Gasteiger partial charge < -0.3 is 24.7 Å². The fourth-order valence-electron chi connectivity index (χ4n) is 5.35. The molecule has 4 heterocycles. The molecule has 0 atom stereocenters. The fourth-order valence-corrected chi connectivity index (χ4v) is 6.22. The summed E-state index contributed by atoms with van der Waals surface area (Å²) in [5.74, 6) is 0.00567. The van der Waals surface area contributed by atoms with Crippen molar-refractivity contribution in [1.82, 2.24) is 14.9 Å². The average molecular weight is 540 g/mol. The van der Waals surface area contributed by atoms with Crippen LogP contribution in [0.1, 0.15) is 43.4 Å². The van der Waals surface area contributed by atoms with Crippen molar-refractivity contribution in [3.05, 3.63) is 41.0 Å². The number of piperidine rings is 1. The second-order valence-corrected chi connectivity index (χ2v) is 11.1. The number of pyridine rings is 1. The molecule has 0 amide bonds. The third-order valence-electron chi connectivity index (χ3n) is 7.35. The number of aromatic nitrogens is 2. The van der Waals surface area contributed by atoms with Crippen molar-refractivity contribution in [2.24, 2.45) is 0 Å². The van der Waals surface area contributed by atoms with E-state index in [0.717, 1.165) is 104 Å². The second kappa shape index (κ2) is 12.3. The summed E-state index contributed by atoms with van der Waals surface area (Å²) in [5.41, 5.74) is 4.09. The zero-order valence-electron chi connectivity index (χ0n) is 22.0. The maximum atomic E-state index is 11.0. The average Bonchev–Trinajstić information content (AvgIpc) is 3.25. The summed E-state index contributed by atoms with van der Waals surface area (Å²) in [5, 5.41) is 23.1. The molecule has 2 fully saturated rings. The molecule has 0 spiro atoms. The van der Waals surface area contributed by atoms with Crippen LogP contribution in [0.25, 0.3) is 10.9 Å². The van der Waals surface area contributed by atoms with E-state index >= 15 is 0 Å². The Kier molecular flexibility index (Phi) is 8.61. The van der Waals surface area contributed by atoms with Crippen LogP contribution in [0.4, 0.5) is 10.8 Å². The van der Waals surface area contributed by atoms with Gasteiger partial charge in [0.15, 0.2) is 5.13 Å². The van der Waals surface area contributed by atoms with Crippen molar-refractivity contribution in [3.8, 4) is 5.75 Å². The fraction of sp³-hybridized carbons (Fsp3) is 0.536. The first-order valence-corrected chi connectivity index (χ1v) is 14.4. The van der Waals surface area contributed by atoms with Gasteiger partial charge in [-0.3, -0.25) is 14.7 Å². The zero-order chi connectivity index (χ0) is 26.5. The molecular weight excluding hydrogens is 502 g/mol. The number of thiazole rings is 1. The van der Waals surface area contributed by atoms with Crippen LogP contribution in [0.2, 0.25) is 0 Å². The number of aliphatic hydroxyl groups is 1. The van der Waals surface area contributed by atoms with E-state index < -0.39 is 5.97 Å². The number of aryl methyl sites for hydroxylation is 1. The van der Waals surface area contributed by atoms with Crippen LogP contribution in [0.3, 0.4) is 0 Å². The minimum atomic E-state index is -0.805. The first-order chi connectivity index (χ1) is 18.5. The number of carboxylic acids is 1. The molecule has 0 aliphatic carbocycles. The number of carbonyl (C=O) groups is 1. The molecule has 0 saturated carbocycles. The molecule has 5 rings (SSSR count). The Morgan fingerprint density at radius 2 is 2.00 bits per heavy atom. The van der Waals surface area contributed by atoms with E-state index in [1.54, 1.807) is 11.3 Å². The van der Waals surface area contributed by atoms with Gasteiger partial charge in [0.05, 0.1) is 23.9 Å². The van der Waals surface area contributed by atoms with Gasteiger partial charge in [-0.25, -0.2) is 4.98 Å². The normalized spacial score (nSPS) is 17.6. The minimum Gasteiger partial charge on any atom is -0.491 e. The molecule has 1 aromatic carbocycles. The van der Waals surface area contributed by atoms with E-state index in [0.29, 0.717) is 13.0 Å². The van der Waals surface area contributed by atoms with E-state index in [2.05, 4.69) is 39.1 Å². The number of aliphatic hydroxyl groups excluding tert-OH is 1. The largest absolute Gasteiger partial charge is 0.491 e. The van der Waals surface area contributed by atoms with Gasteiger partial charge in [-0.15, -0.1) is 11.3 Å². The summed E-state index contributed by atoms with van der Waals surface area (Å²) in [7, 11) is 0. The number of carboxylic acid groups (broad SMARTS) is 1. The number of ether oxygens (including phenoxy) is 1. The summed E-state index contributed by atoms with van der Waals surface area (Å²) in [6.07, 6.45) is 4.84. The van der Waals surface area contributed by atoms with E-state index in [1.165, 1.54) is 0 Å². The molecule has 2 aliphatic heterocycles. The first kappa shape index (κ1) is 26.6. The Labute approximate surface area is 227 Å². The summed E-state index contributed by atoms with van der Waals surface area (Å²) < 4.78 is 6.22. The molecule has 10 heteroatoms. The van der Waals surface area contributed by atoms with Gasteiger partial charge in [-0.1, -0.05) is 6.07 Å². The summed E-state index contributed by atoms with van der Waals surface area (Å²) in [6, 6.07) is 6.14. The molecule has 2 N–H and O–H groups in total. The van der Waals surface area contributed by atoms with E-state index in [4.69, 9.17) is 19.8 Å². The molecule has 204 valence electrons. The third kappa shape index (κ3) is 6.36. The van der Waals surface area contributed by atoms with E-state index in [9.17, 15) is 9.90 Å². The predicted octanol–water partition coefficient (Wildman–Crippen LogP) is 3.92. The number of anilines is 2. The Hall–Kier alpha value is -2.95. The standard InChI is InChI=1S/C28H37N5O4S/c1-20-17-21-5-2-9-29-25(21)26(27(20)37-16-3-6-24(35)36)32-11-4-10-31(14-15-32)18-22-19-38-28(30-22)33-12-7-23(34)8-13-33/h2,5,9,17,19,23,34H,3-4,6-8,10-16,18H2,1H3,(H,35,36). The van der Waals surface area contributed by atoms with Gasteiger partial charge in [-0.05, 0) is 50.3 Å². The number of fused-ring (bicyclic) bond motifs is 1. The SMILES string of the molecule is Cc1cc2cccnc2c(N2CCCN(Cc3csc(N4CCC(O)CC4)n3)CC2)c1OCCCC(=O)O. The van der Waals surface area contributed by atoms with Crippen LogP contribution in [-0.4, -0.2) is 83.0 Å². The van der Waals surface area contributed by atoms with Crippen LogP contribution < -0.4 is 14.5 Å². The van der Waals surface area contributed by atoms with Crippen LogP contribution in [0, 0.1) is 6.92 Å². The maximum absolute atomic E-state index is 11.0. The molecule has 0 bridgehead atoms. The highest BCUT2D eigenvalue weighted by molar-refractivity contribution is 7.13. The number of hydrogen-bond donors (Lipinski definition) is 2. The number of hydrogen-bond acceptors (Lipinski definition) is 9. The van der Waals surface area contributed by atoms with Crippen molar-refractivity contribution in [2.45, 2.75) is 51.7 Å². The topological polar surface area (TPSA) is 102 Å². The van der Waals surface area contributed by atoms with Gasteiger partial charge in [-0.2, -0.15) is 0 Å². The second-order valence-electron chi connectivity index (χ2n) is 10.2. The van der Waals surface area contributed by atoms with Gasteiger partial charge in [0, 0.05) is 69.2 Å². The summed E-state index contributed by atoms with van der Waals surface area (Å²) in [4.78, 5) is 27.8. The number of aliphatic carboxylic acids is 1. The Morgan fingerprint density at radius 3 is 2.82 bits per heavy atom. The lowest BCUT2D eigenvalue weighted by Gasteiger charge is -2.29. The molecule has 3 aromatic rings. The minimum absolute atomic E-state index is 0.0942. The highest BCUT2D eigenvalue weighted by atomic mass is 32.1. The predicted molar refractivity (Wildman–Crippen MR) is 151 cm³/mol. The molecule has 0 unspecified atom stereocenters. The van der Waals surface area contributed by atoms with Crippen LogP contribution >= 0.6 is 11.3 Å². The van der Waals surface area contributed by atoms with Crippen molar-refractivity contribution in [2.75, 3.05) is 55.7 Å². The van der Waals surface area contributed by atoms with E-state index in [-0.39, 0.29) is 12.5 Å². The number of rotatable bonds is 9.